The van der Waals surface area contributed by atoms with Crippen LogP contribution in [0.4, 0.5) is 0 Å². The first kappa shape index (κ1) is 17.3. The summed E-state index contributed by atoms with van der Waals surface area (Å²) in [4.78, 5) is 14.1. The minimum absolute atomic E-state index is 0.0392. The van der Waals surface area contributed by atoms with E-state index in [2.05, 4.69) is 11.5 Å². The van der Waals surface area contributed by atoms with E-state index < -0.39 is 0 Å². The highest BCUT2D eigenvalue weighted by atomic mass is 16.5. The van der Waals surface area contributed by atoms with Gasteiger partial charge in [-0.2, -0.15) is 0 Å². The summed E-state index contributed by atoms with van der Waals surface area (Å²) >= 11 is 0. The Bertz CT molecular complexity index is 597. The third-order valence-electron chi connectivity index (χ3n) is 4.17. The standard InChI is InChI=1S/C18H25NO4/c1-12(2)11-19-7-6-13-8-16(21-3)17(22-4)9-14(13)15(19)10-18(20)23-5/h8-9,15H,1,6-7,10-11H2,2-5H3. The number of hydrogen-bond donors (Lipinski definition) is 0. The Morgan fingerprint density at radius 1 is 1.26 bits per heavy atom. The normalized spacial score (nSPS) is 17.3. The molecule has 0 aliphatic carbocycles. The third kappa shape index (κ3) is 3.85. The minimum atomic E-state index is -0.218. The molecule has 1 atom stereocenters. The summed E-state index contributed by atoms with van der Waals surface area (Å²) in [5.74, 6) is 1.18. The maximum Gasteiger partial charge on any atom is 0.307 e. The second-order valence-corrected chi connectivity index (χ2v) is 5.88. The lowest BCUT2D eigenvalue weighted by atomic mass is 9.89. The maximum atomic E-state index is 11.9. The monoisotopic (exact) mass is 319 g/mol. The number of carbonyl (C=O) groups excluding carboxylic acids is 1. The lowest BCUT2D eigenvalue weighted by Gasteiger charge is -2.37. The predicted molar refractivity (Wildman–Crippen MR) is 89.0 cm³/mol. The number of fused-ring (bicyclic) bond motifs is 1. The van der Waals surface area contributed by atoms with E-state index >= 15 is 0 Å². The Morgan fingerprint density at radius 2 is 1.91 bits per heavy atom. The van der Waals surface area contributed by atoms with Gasteiger partial charge in [-0.3, -0.25) is 9.69 Å². The van der Waals surface area contributed by atoms with Crippen LogP contribution in [0.5, 0.6) is 11.5 Å². The number of esters is 1. The summed E-state index contributed by atoms with van der Waals surface area (Å²) in [7, 11) is 4.67. The van der Waals surface area contributed by atoms with Gasteiger partial charge in [-0.1, -0.05) is 12.2 Å². The van der Waals surface area contributed by atoms with Gasteiger partial charge >= 0.3 is 5.97 Å². The second kappa shape index (κ2) is 7.51. The predicted octanol–water partition coefficient (Wildman–Crippen LogP) is 2.74. The first-order chi connectivity index (χ1) is 11.0. The zero-order valence-corrected chi connectivity index (χ0v) is 14.3. The average Bonchev–Trinajstić information content (AvgIpc) is 2.54. The van der Waals surface area contributed by atoms with Gasteiger partial charge in [0.1, 0.15) is 0 Å². The third-order valence-corrected chi connectivity index (χ3v) is 4.17. The van der Waals surface area contributed by atoms with Crippen LogP contribution in [0.25, 0.3) is 0 Å². The maximum absolute atomic E-state index is 11.9. The van der Waals surface area contributed by atoms with Crippen LogP contribution in [0.2, 0.25) is 0 Å². The van der Waals surface area contributed by atoms with Crippen molar-refractivity contribution in [3.63, 3.8) is 0 Å². The van der Waals surface area contributed by atoms with Crippen LogP contribution >= 0.6 is 0 Å². The summed E-state index contributed by atoms with van der Waals surface area (Å²) in [5.41, 5.74) is 3.36. The van der Waals surface area contributed by atoms with Gasteiger partial charge in [-0.05, 0) is 36.6 Å². The number of hydrogen-bond acceptors (Lipinski definition) is 5. The molecular formula is C18H25NO4. The zero-order chi connectivity index (χ0) is 17.0. The molecular weight excluding hydrogens is 294 g/mol. The highest BCUT2D eigenvalue weighted by molar-refractivity contribution is 5.70. The van der Waals surface area contributed by atoms with E-state index in [1.165, 1.54) is 12.7 Å². The van der Waals surface area contributed by atoms with Crippen LogP contribution in [-0.4, -0.2) is 45.3 Å². The van der Waals surface area contributed by atoms with E-state index in [0.29, 0.717) is 12.2 Å². The molecule has 1 aliphatic heterocycles. The number of rotatable bonds is 6. The topological polar surface area (TPSA) is 48.0 Å². The fourth-order valence-corrected chi connectivity index (χ4v) is 3.10. The lowest BCUT2D eigenvalue weighted by molar-refractivity contribution is -0.142. The molecule has 0 radical (unpaired) electrons. The van der Waals surface area contributed by atoms with Gasteiger partial charge in [0.05, 0.1) is 27.8 Å². The van der Waals surface area contributed by atoms with Gasteiger partial charge in [0.25, 0.3) is 0 Å². The van der Waals surface area contributed by atoms with Crippen molar-refractivity contribution in [3.05, 3.63) is 35.4 Å². The van der Waals surface area contributed by atoms with E-state index in [4.69, 9.17) is 14.2 Å². The van der Waals surface area contributed by atoms with Crippen molar-refractivity contribution in [1.29, 1.82) is 0 Å². The molecule has 5 nitrogen and oxygen atoms in total. The summed E-state index contributed by atoms with van der Waals surface area (Å²) < 4.78 is 15.7. The fourth-order valence-electron chi connectivity index (χ4n) is 3.10. The molecule has 0 spiro atoms. The van der Waals surface area contributed by atoms with Crippen molar-refractivity contribution < 1.29 is 19.0 Å². The summed E-state index contributed by atoms with van der Waals surface area (Å²) in [5, 5.41) is 0. The highest BCUT2D eigenvalue weighted by Gasteiger charge is 2.31. The number of nitrogens with zero attached hydrogens (tertiary/aromatic N) is 1. The smallest absolute Gasteiger partial charge is 0.307 e. The molecule has 0 fully saturated rings. The van der Waals surface area contributed by atoms with Crippen molar-refractivity contribution in [2.45, 2.75) is 25.8 Å². The van der Waals surface area contributed by atoms with Gasteiger partial charge in [-0.25, -0.2) is 0 Å². The van der Waals surface area contributed by atoms with Gasteiger partial charge < -0.3 is 14.2 Å². The van der Waals surface area contributed by atoms with Gasteiger partial charge in [0, 0.05) is 19.1 Å². The number of benzene rings is 1. The highest BCUT2D eigenvalue weighted by Crippen LogP contribution is 2.39. The Labute approximate surface area is 137 Å². The molecule has 126 valence electrons. The van der Waals surface area contributed by atoms with E-state index in [9.17, 15) is 4.79 Å². The fraction of sp³-hybridized carbons (Fsp3) is 0.500. The van der Waals surface area contributed by atoms with Crippen molar-refractivity contribution in [2.75, 3.05) is 34.4 Å². The van der Waals surface area contributed by atoms with Crippen LogP contribution in [0.1, 0.15) is 30.5 Å². The average molecular weight is 319 g/mol. The summed E-state index contributed by atoms with van der Waals surface area (Å²) in [6, 6.07) is 3.95. The molecule has 1 heterocycles. The van der Waals surface area contributed by atoms with Gasteiger partial charge in [0.15, 0.2) is 11.5 Å². The lowest BCUT2D eigenvalue weighted by Crippen LogP contribution is -2.37. The molecule has 1 unspecified atom stereocenters. The van der Waals surface area contributed by atoms with Crippen molar-refractivity contribution in [3.8, 4) is 11.5 Å². The molecule has 0 N–H and O–H groups in total. The molecule has 0 aromatic heterocycles. The summed E-state index contributed by atoms with van der Waals surface area (Å²) in [6.07, 6.45) is 1.22. The molecule has 1 aromatic rings. The van der Waals surface area contributed by atoms with Crippen LogP contribution in [-0.2, 0) is 16.0 Å². The quantitative estimate of drug-likeness (QED) is 0.596. The molecule has 1 aromatic carbocycles. The molecule has 0 saturated carbocycles. The SMILES string of the molecule is C=C(C)CN1CCc2cc(OC)c(OC)cc2C1CC(=O)OC. The molecule has 0 amide bonds. The van der Waals surface area contributed by atoms with E-state index in [-0.39, 0.29) is 12.0 Å². The number of carbonyl (C=O) groups is 1. The van der Waals surface area contributed by atoms with E-state index in [0.717, 1.165) is 36.4 Å². The first-order valence-electron chi connectivity index (χ1n) is 7.70. The van der Waals surface area contributed by atoms with Gasteiger partial charge in [0.2, 0.25) is 0 Å². The zero-order valence-electron chi connectivity index (χ0n) is 14.3. The molecule has 23 heavy (non-hydrogen) atoms. The molecule has 1 aliphatic rings. The van der Waals surface area contributed by atoms with Crippen LogP contribution in [0.15, 0.2) is 24.3 Å². The largest absolute Gasteiger partial charge is 0.493 e. The molecule has 2 rings (SSSR count). The molecule has 0 saturated heterocycles. The number of ether oxygens (including phenoxy) is 3. The Balaban J connectivity index is 2.43. The Hall–Kier alpha value is -2.01. The van der Waals surface area contributed by atoms with E-state index in [1.54, 1.807) is 14.2 Å². The molecule has 0 bridgehead atoms. The van der Waals surface area contributed by atoms with Gasteiger partial charge in [-0.15, -0.1) is 0 Å². The van der Waals surface area contributed by atoms with Crippen molar-refractivity contribution >= 4 is 5.97 Å². The van der Waals surface area contributed by atoms with Crippen LogP contribution < -0.4 is 9.47 Å². The number of methoxy groups -OCH3 is 3. The van der Waals surface area contributed by atoms with Crippen molar-refractivity contribution in [1.82, 2.24) is 4.90 Å². The summed E-state index contributed by atoms with van der Waals surface area (Å²) in [6.45, 7) is 7.63. The van der Waals surface area contributed by atoms with Crippen LogP contribution in [0.3, 0.4) is 0 Å². The van der Waals surface area contributed by atoms with Crippen LogP contribution in [0, 0.1) is 0 Å². The Kier molecular flexibility index (Phi) is 5.66. The minimum Gasteiger partial charge on any atom is -0.493 e. The first-order valence-corrected chi connectivity index (χ1v) is 7.70. The van der Waals surface area contributed by atoms with Crippen molar-refractivity contribution in [2.24, 2.45) is 0 Å². The second-order valence-electron chi connectivity index (χ2n) is 5.88. The van der Waals surface area contributed by atoms with E-state index in [1.807, 2.05) is 19.1 Å². The molecule has 5 heteroatoms. The Morgan fingerprint density at radius 3 is 2.48 bits per heavy atom.